The van der Waals surface area contributed by atoms with Crippen molar-refractivity contribution in [2.45, 2.75) is 24.3 Å². The molecular formula is C25H22BrN3O5S. The van der Waals surface area contributed by atoms with Crippen molar-refractivity contribution < 1.29 is 22.8 Å². The van der Waals surface area contributed by atoms with Gasteiger partial charge >= 0.3 is 0 Å². The van der Waals surface area contributed by atoms with Crippen molar-refractivity contribution in [3.8, 4) is 5.75 Å². The normalized spacial score (nSPS) is 12.2. The Morgan fingerprint density at radius 3 is 2.29 bits per heavy atom. The standard InChI is InChI=1S/C25H22BrN3O5S/c1-16-14-25(28-34-16)29-35(32,33)22-12-8-20(9-13-22)27-23(17-4-10-21(30)11-5-17)15-24(31)18-2-6-19(26)7-3-18/h2-14,23,27,30H,15H2,1H3,(H,28,29). The lowest BCUT2D eigenvalue weighted by atomic mass is 9.97. The molecule has 0 aliphatic rings. The molecule has 0 spiro atoms. The molecule has 0 radical (unpaired) electrons. The maximum atomic E-state index is 13.0. The summed E-state index contributed by atoms with van der Waals surface area (Å²) in [6.07, 6.45) is 0.152. The predicted octanol–water partition coefficient (Wildman–Crippen LogP) is 5.68. The Bertz CT molecular complexity index is 1420. The van der Waals surface area contributed by atoms with Gasteiger partial charge in [0.1, 0.15) is 11.5 Å². The molecule has 4 rings (SSSR count). The van der Waals surface area contributed by atoms with Crippen LogP contribution in [0.4, 0.5) is 11.5 Å². The van der Waals surface area contributed by atoms with E-state index in [1.54, 1.807) is 55.5 Å². The van der Waals surface area contributed by atoms with Gasteiger partial charge in [-0.05, 0) is 61.0 Å². The highest BCUT2D eigenvalue weighted by atomic mass is 79.9. The number of nitrogens with one attached hydrogen (secondary N) is 2. The molecular weight excluding hydrogens is 534 g/mol. The first-order valence-electron chi connectivity index (χ1n) is 10.6. The molecule has 0 amide bonds. The molecule has 3 N–H and O–H groups in total. The molecule has 1 heterocycles. The number of anilines is 2. The molecule has 35 heavy (non-hydrogen) atoms. The lowest BCUT2D eigenvalue weighted by Crippen LogP contribution is -2.16. The third-order valence-electron chi connectivity index (χ3n) is 5.22. The molecule has 0 bridgehead atoms. The van der Waals surface area contributed by atoms with E-state index in [0.29, 0.717) is 17.0 Å². The number of phenolic OH excluding ortho intramolecular Hbond substituents is 1. The maximum absolute atomic E-state index is 13.0. The Kier molecular flexibility index (Phi) is 7.23. The summed E-state index contributed by atoms with van der Waals surface area (Å²) < 4.78 is 33.4. The number of aromatic nitrogens is 1. The van der Waals surface area contributed by atoms with E-state index in [-0.39, 0.29) is 28.7 Å². The minimum atomic E-state index is -3.85. The molecule has 180 valence electrons. The Morgan fingerprint density at radius 1 is 1.03 bits per heavy atom. The number of nitrogens with zero attached hydrogens (tertiary/aromatic N) is 1. The largest absolute Gasteiger partial charge is 0.508 e. The number of Topliss-reactive ketones (excluding diaryl/α,β-unsaturated/α-hetero) is 1. The molecule has 10 heteroatoms. The van der Waals surface area contributed by atoms with E-state index >= 15 is 0 Å². The average molecular weight is 556 g/mol. The monoisotopic (exact) mass is 555 g/mol. The number of aryl methyl sites for hydroxylation is 1. The van der Waals surface area contributed by atoms with Gasteiger partial charge in [0, 0.05) is 28.2 Å². The summed E-state index contributed by atoms with van der Waals surface area (Å²) >= 11 is 3.37. The van der Waals surface area contributed by atoms with Crippen LogP contribution in [0.25, 0.3) is 0 Å². The Labute approximate surface area is 211 Å². The molecule has 8 nitrogen and oxygen atoms in total. The van der Waals surface area contributed by atoms with E-state index in [1.165, 1.54) is 18.2 Å². The zero-order valence-corrected chi connectivity index (χ0v) is 21.0. The number of ketones is 1. The SMILES string of the molecule is Cc1cc(NS(=O)(=O)c2ccc(NC(CC(=O)c3ccc(Br)cc3)c3ccc(O)cc3)cc2)no1. The van der Waals surface area contributed by atoms with Gasteiger partial charge in [0.2, 0.25) is 0 Å². The zero-order valence-electron chi connectivity index (χ0n) is 18.6. The van der Waals surface area contributed by atoms with Crippen molar-refractivity contribution >= 4 is 43.2 Å². The molecule has 4 aromatic rings. The van der Waals surface area contributed by atoms with Crippen molar-refractivity contribution in [2.75, 3.05) is 10.0 Å². The van der Waals surface area contributed by atoms with Crippen molar-refractivity contribution in [1.82, 2.24) is 5.16 Å². The van der Waals surface area contributed by atoms with Crippen molar-refractivity contribution in [3.05, 3.63) is 100 Å². The van der Waals surface area contributed by atoms with Crippen LogP contribution in [0.2, 0.25) is 0 Å². The molecule has 1 aromatic heterocycles. The number of carbonyl (C=O) groups is 1. The van der Waals surface area contributed by atoms with Gasteiger partial charge < -0.3 is 14.9 Å². The van der Waals surface area contributed by atoms with E-state index in [9.17, 15) is 18.3 Å². The Morgan fingerprint density at radius 2 is 1.69 bits per heavy atom. The second-order valence-corrected chi connectivity index (χ2v) is 10.5. The summed E-state index contributed by atoms with van der Waals surface area (Å²) in [4.78, 5) is 13.0. The zero-order chi connectivity index (χ0) is 25.0. The second kappa shape index (κ2) is 10.3. The first-order valence-corrected chi connectivity index (χ1v) is 12.9. The van der Waals surface area contributed by atoms with Gasteiger partial charge in [-0.1, -0.05) is 45.4 Å². The quantitative estimate of drug-likeness (QED) is 0.227. The fraction of sp³-hybridized carbons (Fsp3) is 0.120. The third kappa shape index (κ3) is 6.28. The fourth-order valence-corrected chi connectivity index (χ4v) is 4.69. The van der Waals surface area contributed by atoms with Gasteiger partial charge in [-0.2, -0.15) is 0 Å². The minimum Gasteiger partial charge on any atom is -0.508 e. The number of aromatic hydroxyl groups is 1. The highest BCUT2D eigenvalue weighted by Gasteiger charge is 2.19. The number of benzene rings is 3. The summed E-state index contributed by atoms with van der Waals surface area (Å²) in [5, 5.41) is 16.6. The van der Waals surface area contributed by atoms with Gasteiger partial charge in [-0.25, -0.2) is 8.42 Å². The summed E-state index contributed by atoms with van der Waals surface area (Å²) in [6, 6.07) is 21.0. The summed E-state index contributed by atoms with van der Waals surface area (Å²) in [6.45, 7) is 1.66. The van der Waals surface area contributed by atoms with Gasteiger partial charge in [0.25, 0.3) is 10.0 Å². The number of carbonyl (C=O) groups excluding carboxylic acids is 1. The van der Waals surface area contributed by atoms with Crippen LogP contribution in [0.3, 0.4) is 0 Å². The molecule has 1 unspecified atom stereocenters. The molecule has 0 aliphatic heterocycles. The molecule has 3 aromatic carbocycles. The lowest BCUT2D eigenvalue weighted by Gasteiger charge is -2.20. The van der Waals surface area contributed by atoms with Crippen molar-refractivity contribution in [2.24, 2.45) is 0 Å². The van der Waals surface area contributed by atoms with Crippen LogP contribution in [0, 0.1) is 6.92 Å². The molecule has 1 atom stereocenters. The van der Waals surface area contributed by atoms with Gasteiger partial charge in [-0.15, -0.1) is 0 Å². The second-order valence-electron chi connectivity index (χ2n) is 7.88. The highest BCUT2D eigenvalue weighted by Crippen LogP contribution is 2.27. The number of phenols is 1. The van der Waals surface area contributed by atoms with E-state index in [1.807, 2.05) is 12.1 Å². The van der Waals surface area contributed by atoms with Crippen LogP contribution in [0.1, 0.15) is 34.1 Å². The summed E-state index contributed by atoms with van der Waals surface area (Å²) in [7, 11) is -3.85. The van der Waals surface area contributed by atoms with Crippen LogP contribution in [0.15, 0.2) is 92.8 Å². The molecule has 0 aliphatic carbocycles. The predicted molar refractivity (Wildman–Crippen MR) is 136 cm³/mol. The van der Waals surface area contributed by atoms with Crippen LogP contribution < -0.4 is 10.0 Å². The summed E-state index contributed by atoms with van der Waals surface area (Å²) in [5.41, 5.74) is 2.00. The molecule has 0 saturated carbocycles. The lowest BCUT2D eigenvalue weighted by molar-refractivity contribution is 0.0976. The molecule has 0 saturated heterocycles. The number of rotatable bonds is 9. The van der Waals surface area contributed by atoms with E-state index in [4.69, 9.17) is 4.52 Å². The average Bonchev–Trinajstić information content (AvgIpc) is 3.23. The van der Waals surface area contributed by atoms with E-state index in [2.05, 4.69) is 31.1 Å². The third-order valence-corrected chi connectivity index (χ3v) is 7.12. The number of halogens is 1. The van der Waals surface area contributed by atoms with Gasteiger partial charge in [0.15, 0.2) is 11.6 Å². The Balaban J connectivity index is 1.53. The summed E-state index contributed by atoms with van der Waals surface area (Å²) in [5.74, 6) is 0.647. The van der Waals surface area contributed by atoms with Crippen molar-refractivity contribution in [3.63, 3.8) is 0 Å². The van der Waals surface area contributed by atoms with Crippen LogP contribution in [-0.4, -0.2) is 24.5 Å². The van der Waals surface area contributed by atoms with Crippen LogP contribution in [0.5, 0.6) is 5.75 Å². The van der Waals surface area contributed by atoms with Crippen molar-refractivity contribution in [1.29, 1.82) is 0 Å². The number of hydrogen-bond acceptors (Lipinski definition) is 7. The van der Waals surface area contributed by atoms with Gasteiger partial charge in [0.05, 0.1) is 10.9 Å². The topological polar surface area (TPSA) is 122 Å². The van der Waals surface area contributed by atoms with Crippen LogP contribution >= 0.6 is 15.9 Å². The first kappa shape index (κ1) is 24.5. The fourth-order valence-electron chi connectivity index (χ4n) is 3.44. The smallest absolute Gasteiger partial charge is 0.263 e. The number of hydrogen-bond donors (Lipinski definition) is 3. The number of sulfonamides is 1. The minimum absolute atomic E-state index is 0.0517. The van der Waals surface area contributed by atoms with Crippen LogP contribution in [-0.2, 0) is 10.0 Å². The first-order chi connectivity index (χ1) is 16.7. The Hall–Kier alpha value is -3.63. The highest BCUT2D eigenvalue weighted by molar-refractivity contribution is 9.10. The van der Waals surface area contributed by atoms with E-state index < -0.39 is 16.1 Å². The van der Waals surface area contributed by atoms with Gasteiger partial charge in [-0.3, -0.25) is 9.52 Å². The maximum Gasteiger partial charge on any atom is 0.263 e. The molecule has 0 fully saturated rings. The van der Waals surface area contributed by atoms with E-state index in [0.717, 1.165) is 10.0 Å².